The lowest BCUT2D eigenvalue weighted by atomic mass is 10.0. The molecule has 0 aliphatic heterocycles. The third-order valence-corrected chi connectivity index (χ3v) is 7.08. The summed E-state index contributed by atoms with van der Waals surface area (Å²) in [6.07, 6.45) is 19.5. The van der Waals surface area contributed by atoms with Gasteiger partial charge in [0.25, 0.3) is 0 Å². The minimum absolute atomic E-state index is 0.112. The Labute approximate surface area is 208 Å². The summed E-state index contributed by atoms with van der Waals surface area (Å²) in [5, 5.41) is 8.69. The number of aromatic nitrogens is 3. The van der Waals surface area contributed by atoms with Gasteiger partial charge in [0.2, 0.25) is 0 Å². The Kier molecular flexibility index (Phi) is 13.0. The van der Waals surface area contributed by atoms with E-state index in [-0.39, 0.29) is 6.04 Å². The van der Waals surface area contributed by atoms with Gasteiger partial charge < -0.3 is 10.3 Å². The third-order valence-electron chi connectivity index (χ3n) is 5.28. The van der Waals surface area contributed by atoms with E-state index in [0.29, 0.717) is 0 Å². The van der Waals surface area contributed by atoms with Crippen molar-refractivity contribution in [2.45, 2.75) is 79.2 Å². The molecule has 2 aromatic rings. The lowest BCUT2D eigenvalue weighted by molar-refractivity contribution is 0.820. The summed E-state index contributed by atoms with van der Waals surface area (Å²) in [6.45, 7) is 11.1. The Hall–Kier alpha value is -2.05. The molecule has 0 aliphatic carbocycles. The van der Waals surface area contributed by atoms with Crippen molar-refractivity contribution >= 4 is 28.2 Å². The molecule has 2 N–H and O–H groups in total. The lowest BCUT2D eigenvalue weighted by Crippen LogP contribution is -2.14. The summed E-state index contributed by atoms with van der Waals surface area (Å²) < 4.78 is 0. The maximum Gasteiger partial charge on any atom is 0.183 e. The van der Waals surface area contributed by atoms with Gasteiger partial charge >= 0.3 is 0 Å². The summed E-state index contributed by atoms with van der Waals surface area (Å²) in [5.41, 5.74) is 5.84. The molecule has 0 spiro atoms. The van der Waals surface area contributed by atoms with Gasteiger partial charge in [-0.2, -0.15) is 0 Å². The van der Waals surface area contributed by atoms with Crippen molar-refractivity contribution in [1.29, 1.82) is 0 Å². The van der Waals surface area contributed by atoms with E-state index in [0.717, 1.165) is 48.8 Å². The molecule has 0 aromatic carbocycles. The number of nitrogens with one attached hydrogen (secondary N) is 2. The summed E-state index contributed by atoms with van der Waals surface area (Å²) in [7, 11) is 0. The highest BCUT2D eigenvalue weighted by molar-refractivity contribution is 8.02. The molecule has 2 heterocycles. The van der Waals surface area contributed by atoms with Crippen molar-refractivity contribution in [1.82, 2.24) is 15.0 Å². The van der Waals surface area contributed by atoms with Crippen LogP contribution in [-0.4, -0.2) is 20.7 Å². The van der Waals surface area contributed by atoms with Crippen molar-refractivity contribution in [3.8, 4) is 0 Å². The van der Waals surface area contributed by atoms with Crippen LogP contribution in [0, 0.1) is 0 Å². The highest BCUT2D eigenvalue weighted by Gasteiger charge is 2.14. The second-order valence-corrected chi connectivity index (χ2v) is 10.6. The second kappa shape index (κ2) is 15.7. The molecule has 0 fully saturated rings. The highest BCUT2D eigenvalue weighted by Crippen LogP contribution is 2.24. The number of nitrogens with zero attached hydrogens (tertiary/aromatic N) is 2. The van der Waals surface area contributed by atoms with Crippen LogP contribution in [0.2, 0.25) is 0 Å². The van der Waals surface area contributed by atoms with E-state index in [1.807, 2.05) is 29.5 Å². The molecule has 1 atom stereocenters. The van der Waals surface area contributed by atoms with Gasteiger partial charge in [-0.05, 0) is 78.6 Å². The first-order valence-corrected chi connectivity index (χ1v) is 13.7. The number of hydrogen-bond donors (Lipinski definition) is 2. The zero-order chi connectivity index (χ0) is 23.9. The first kappa shape index (κ1) is 27.2. The van der Waals surface area contributed by atoms with E-state index < -0.39 is 0 Å². The van der Waals surface area contributed by atoms with E-state index in [2.05, 4.69) is 78.5 Å². The minimum atomic E-state index is 0.112. The van der Waals surface area contributed by atoms with Gasteiger partial charge in [0.15, 0.2) is 5.13 Å². The van der Waals surface area contributed by atoms with Gasteiger partial charge in [0.1, 0.15) is 5.82 Å². The monoisotopic (exact) mass is 484 g/mol. The molecule has 33 heavy (non-hydrogen) atoms. The van der Waals surface area contributed by atoms with Crippen LogP contribution in [0.1, 0.15) is 85.0 Å². The van der Waals surface area contributed by atoms with E-state index in [9.17, 15) is 0 Å². The number of allylic oxidation sites excluding steroid dienone is 7. The fourth-order valence-corrected chi connectivity index (χ4v) is 4.85. The molecule has 1 unspecified atom stereocenters. The smallest absolute Gasteiger partial charge is 0.183 e. The molecule has 2 rings (SSSR count). The standard InChI is InChI=1S/C27H40N4S2/c1-21(2)9-6-10-22(3)11-7-12-23(4)13-8-14-24(5)19-32-20-25(26-28-15-16-29-26)31-27-30-17-18-33-27/h9,11,13,15-19,25H,6-8,10,12,14,20H2,1-5H3,(H,28,29)(H,30,31). The maximum absolute atomic E-state index is 4.43. The zero-order valence-electron chi connectivity index (χ0n) is 20.9. The van der Waals surface area contributed by atoms with Crippen LogP contribution >= 0.6 is 23.1 Å². The fraction of sp³-hybridized carbons (Fsp3) is 0.481. The summed E-state index contributed by atoms with van der Waals surface area (Å²) in [5.74, 6) is 1.85. The van der Waals surface area contributed by atoms with Gasteiger partial charge in [0.05, 0.1) is 6.04 Å². The predicted molar refractivity (Wildman–Crippen MR) is 148 cm³/mol. The molecular weight excluding hydrogens is 444 g/mol. The van der Waals surface area contributed by atoms with Crippen molar-refractivity contribution in [2.75, 3.05) is 11.1 Å². The summed E-state index contributed by atoms with van der Waals surface area (Å²) in [4.78, 5) is 12.0. The summed E-state index contributed by atoms with van der Waals surface area (Å²) in [6, 6.07) is 0.112. The number of rotatable bonds is 15. The first-order chi connectivity index (χ1) is 15.9. The molecule has 0 bridgehead atoms. The first-order valence-electron chi connectivity index (χ1n) is 11.8. The average Bonchev–Trinajstić information content (AvgIpc) is 3.47. The normalized spacial score (nSPS) is 13.8. The van der Waals surface area contributed by atoms with Crippen LogP contribution < -0.4 is 5.32 Å². The van der Waals surface area contributed by atoms with Gasteiger partial charge in [-0.1, -0.05) is 40.5 Å². The topological polar surface area (TPSA) is 53.6 Å². The van der Waals surface area contributed by atoms with Crippen molar-refractivity contribution in [3.05, 3.63) is 75.7 Å². The van der Waals surface area contributed by atoms with Crippen LogP contribution in [0.5, 0.6) is 0 Å². The predicted octanol–water partition coefficient (Wildman–Crippen LogP) is 8.86. The number of H-pyrrole nitrogens is 1. The van der Waals surface area contributed by atoms with Gasteiger partial charge in [-0.25, -0.2) is 9.97 Å². The summed E-state index contributed by atoms with van der Waals surface area (Å²) >= 11 is 3.45. The number of thioether (sulfide) groups is 1. The molecule has 6 heteroatoms. The number of hydrogen-bond acceptors (Lipinski definition) is 5. The van der Waals surface area contributed by atoms with Crippen LogP contribution in [0.25, 0.3) is 0 Å². The molecule has 2 aromatic heterocycles. The Morgan fingerprint density at radius 3 is 2.18 bits per heavy atom. The van der Waals surface area contributed by atoms with Crippen molar-refractivity contribution in [2.24, 2.45) is 0 Å². The Bertz CT molecular complexity index is 902. The van der Waals surface area contributed by atoms with Crippen LogP contribution in [0.3, 0.4) is 0 Å². The van der Waals surface area contributed by atoms with Crippen LogP contribution in [0.15, 0.2) is 69.9 Å². The molecule has 180 valence electrons. The van der Waals surface area contributed by atoms with Crippen molar-refractivity contribution < 1.29 is 0 Å². The SMILES string of the molecule is CC(C)=CCCC(C)=CCCC(C)=CCCC(C)=CSCC(Nc1nccs1)c1ncc[nH]1. The quantitative estimate of drug-likeness (QED) is 0.248. The van der Waals surface area contributed by atoms with Crippen molar-refractivity contribution in [3.63, 3.8) is 0 Å². The average molecular weight is 485 g/mol. The Morgan fingerprint density at radius 2 is 1.61 bits per heavy atom. The number of aromatic amines is 1. The van der Waals surface area contributed by atoms with Crippen LogP contribution in [0.4, 0.5) is 5.13 Å². The molecule has 0 saturated carbocycles. The largest absolute Gasteiger partial charge is 0.351 e. The van der Waals surface area contributed by atoms with E-state index in [1.165, 1.54) is 28.7 Å². The van der Waals surface area contributed by atoms with Gasteiger partial charge in [-0.15, -0.1) is 23.1 Å². The molecule has 0 radical (unpaired) electrons. The molecule has 0 aliphatic rings. The van der Waals surface area contributed by atoms with E-state index in [1.54, 1.807) is 17.5 Å². The molecular formula is C27H40N4S2. The van der Waals surface area contributed by atoms with E-state index >= 15 is 0 Å². The Morgan fingerprint density at radius 1 is 0.939 bits per heavy atom. The maximum atomic E-state index is 4.43. The highest BCUT2D eigenvalue weighted by atomic mass is 32.2. The third kappa shape index (κ3) is 12.1. The number of imidazole rings is 1. The number of anilines is 1. The van der Waals surface area contributed by atoms with Gasteiger partial charge in [-0.3, -0.25) is 0 Å². The van der Waals surface area contributed by atoms with E-state index in [4.69, 9.17) is 0 Å². The second-order valence-electron chi connectivity index (χ2n) is 8.80. The Balaban J connectivity index is 1.70. The number of thiazole rings is 1. The van der Waals surface area contributed by atoms with Crippen LogP contribution in [-0.2, 0) is 0 Å². The molecule has 0 saturated heterocycles. The fourth-order valence-electron chi connectivity index (χ4n) is 3.33. The molecule has 0 amide bonds. The zero-order valence-corrected chi connectivity index (χ0v) is 22.5. The molecule has 4 nitrogen and oxygen atoms in total. The van der Waals surface area contributed by atoms with Gasteiger partial charge in [0, 0.05) is 29.7 Å². The minimum Gasteiger partial charge on any atom is -0.351 e. The lowest BCUT2D eigenvalue weighted by Gasteiger charge is -2.15.